The quantitative estimate of drug-likeness (QED) is 0.493. The van der Waals surface area contributed by atoms with E-state index in [1.54, 1.807) is 26.8 Å². The van der Waals surface area contributed by atoms with Gasteiger partial charge in [0.25, 0.3) is 0 Å². The molecule has 6 heteroatoms. The third-order valence-corrected chi connectivity index (χ3v) is 4.79. The van der Waals surface area contributed by atoms with Crippen molar-refractivity contribution in [1.29, 1.82) is 0 Å². The van der Waals surface area contributed by atoms with Crippen LogP contribution in [0.15, 0.2) is 73.3 Å². The van der Waals surface area contributed by atoms with Gasteiger partial charge in [-0.1, -0.05) is 66.7 Å². The molecule has 0 fully saturated rings. The van der Waals surface area contributed by atoms with Crippen LogP contribution in [0.4, 0.5) is 4.79 Å². The summed E-state index contributed by atoms with van der Waals surface area (Å²) < 4.78 is 5.35. The van der Waals surface area contributed by atoms with E-state index in [2.05, 4.69) is 17.2 Å². The van der Waals surface area contributed by atoms with Crippen molar-refractivity contribution in [3.63, 3.8) is 0 Å². The first-order valence-electron chi connectivity index (χ1n) is 10.8. The molecule has 0 saturated carbocycles. The van der Waals surface area contributed by atoms with E-state index in [1.165, 1.54) is 0 Å². The summed E-state index contributed by atoms with van der Waals surface area (Å²) in [7, 11) is 0. The molecule has 0 radical (unpaired) electrons. The molecule has 2 amide bonds. The highest BCUT2D eigenvalue weighted by Crippen LogP contribution is 2.12. The molecule has 2 rings (SSSR count). The molecule has 0 bridgehead atoms. The standard InChI is InChI=1S/C26H34N2O4/c1-5-12-23(29)21(17-19-13-8-6-9-14-19)27-24(30)22(18-20-15-10-7-11-16-20)28-25(31)32-26(2,3)4/h5-11,13-16,21-23,29H,1,12,17-18H2,2-4H3,(H,27,30)(H,28,31)/t21-,22-,23+/m0/s1. The Hall–Kier alpha value is -3.12. The topological polar surface area (TPSA) is 87.7 Å². The first-order chi connectivity index (χ1) is 15.2. The van der Waals surface area contributed by atoms with E-state index in [0.717, 1.165) is 11.1 Å². The number of benzene rings is 2. The van der Waals surface area contributed by atoms with Gasteiger partial charge in [0.15, 0.2) is 0 Å². The maximum atomic E-state index is 13.2. The number of aliphatic hydroxyl groups is 1. The number of rotatable bonds is 10. The molecule has 0 aromatic heterocycles. The van der Waals surface area contributed by atoms with Crippen LogP contribution in [0.25, 0.3) is 0 Å². The molecule has 0 spiro atoms. The van der Waals surface area contributed by atoms with E-state index in [-0.39, 0.29) is 5.91 Å². The molecular weight excluding hydrogens is 404 g/mol. The molecule has 32 heavy (non-hydrogen) atoms. The Balaban J connectivity index is 2.19. The highest BCUT2D eigenvalue weighted by Gasteiger charge is 2.28. The van der Waals surface area contributed by atoms with Crippen LogP contribution in [0, 0.1) is 0 Å². The van der Waals surface area contributed by atoms with Gasteiger partial charge >= 0.3 is 6.09 Å². The number of aliphatic hydroxyl groups excluding tert-OH is 1. The van der Waals surface area contributed by atoms with Crippen molar-refractivity contribution in [2.24, 2.45) is 0 Å². The van der Waals surface area contributed by atoms with Gasteiger partial charge < -0.3 is 20.5 Å². The summed E-state index contributed by atoms with van der Waals surface area (Å²) in [5, 5.41) is 16.2. The van der Waals surface area contributed by atoms with Gasteiger partial charge in [-0.3, -0.25) is 4.79 Å². The van der Waals surface area contributed by atoms with Crippen LogP contribution in [0.5, 0.6) is 0 Å². The Bertz CT molecular complexity index is 862. The zero-order chi connectivity index (χ0) is 23.6. The molecule has 0 unspecified atom stereocenters. The minimum atomic E-state index is -0.860. The fourth-order valence-electron chi connectivity index (χ4n) is 3.28. The van der Waals surface area contributed by atoms with Crippen molar-refractivity contribution in [3.05, 3.63) is 84.4 Å². The number of carbonyl (C=O) groups is 2. The fraction of sp³-hybridized carbons (Fsp3) is 0.385. The Morgan fingerprint density at radius 2 is 1.50 bits per heavy atom. The summed E-state index contributed by atoms with van der Waals surface area (Å²) in [5.74, 6) is -0.385. The Morgan fingerprint density at radius 3 is 2.00 bits per heavy atom. The van der Waals surface area contributed by atoms with Crippen molar-refractivity contribution in [3.8, 4) is 0 Å². The first kappa shape index (κ1) is 25.1. The zero-order valence-electron chi connectivity index (χ0n) is 19.1. The van der Waals surface area contributed by atoms with Crippen molar-refractivity contribution >= 4 is 12.0 Å². The lowest BCUT2D eigenvalue weighted by molar-refractivity contribution is -0.124. The molecule has 2 aromatic carbocycles. The maximum absolute atomic E-state index is 13.2. The molecule has 172 valence electrons. The van der Waals surface area contributed by atoms with E-state index in [0.29, 0.717) is 19.3 Å². The molecule has 0 aliphatic carbocycles. The molecule has 0 aliphatic rings. The number of hydrogen-bond donors (Lipinski definition) is 3. The second-order valence-corrected chi connectivity index (χ2v) is 8.79. The monoisotopic (exact) mass is 438 g/mol. The number of carbonyl (C=O) groups excluding carboxylic acids is 2. The van der Waals surface area contributed by atoms with E-state index < -0.39 is 29.9 Å². The van der Waals surface area contributed by atoms with Gasteiger partial charge in [-0.2, -0.15) is 0 Å². The normalized spacial score (nSPS) is 14.0. The molecule has 3 N–H and O–H groups in total. The number of nitrogens with one attached hydrogen (secondary N) is 2. The smallest absolute Gasteiger partial charge is 0.408 e. The molecule has 2 aromatic rings. The first-order valence-corrected chi connectivity index (χ1v) is 10.8. The molecule has 0 saturated heterocycles. The largest absolute Gasteiger partial charge is 0.444 e. The van der Waals surface area contributed by atoms with Gasteiger partial charge in [0, 0.05) is 6.42 Å². The summed E-state index contributed by atoms with van der Waals surface area (Å²) >= 11 is 0. The summed E-state index contributed by atoms with van der Waals surface area (Å²) in [6, 6.07) is 17.7. The van der Waals surface area contributed by atoms with Crippen molar-refractivity contribution in [2.75, 3.05) is 0 Å². The highest BCUT2D eigenvalue weighted by molar-refractivity contribution is 5.86. The number of hydrogen-bond acceptors (Lipinski definition) is 4. The number of alkyl carbamates (subject to hydrolysis) is 1. The Labute approximate surface area is 190 Å². The average Bonchev–Trinajstić information content (AvgIpc) is 2.73. The summed E-state index contributed by atoms with van der Waals surface area (Å²) in [6.07, 6.45) is 1.22. The van der Waals surface area contributed by atoms with Gasteiger partial charge in [-0.25, -0.2) is 4.79 Å². The third-order valence-electron chi connectivity index (χ3n) is 4.79. The highest BCUT2D eigenvalue weighted by atomic mass is 16.6. The van der Waals surface area contributed by atoms with Crippen LogP contribution < -0.4 is 10.6 Å². The van der Waals surface area contributed by atoms with E-state index in [4.69, 9.17) is 4.74 Å². The number of ether oxygens (including phenoxy) is 1. The van der Waals surface area contributed by atoms with Crippen LogP contribution >= 0.6 is 0 Å². The van der Waals surface area contributed by atoms with Crippen LogP contribution in [0.1, 0.15) is 38.3 Å². The second-order valence-electron chi connectivity index (χ2n) is 8.79. The molecule has 3 atom stereocenters. The van der Waals surface area contributed by atoms with Gasteiger partial charge in [-0.05, 0) is 44.7 Å². The van der Waals surface area contributed by atoms with Crippen LogP contribution in [-0.2, 0) is 22.4 Å². The molecule has 0 aliphatic heterocycles. The predicted octanol–water partition coefficient (Wildman–Crippen LogP) is 3.79. The summed E-state index contributed by atoms with van der Waals surface area (Å²) in [6.45, 7) is 8.98. The zero-order valence-corrected chi connectivity index (χ0v) is 19.1. The summed E-state index contributed by atoms with van der Waals surface area (Å²) in [4.78, 5) is 25.6. The number of amides is 2. The van der Waals surface area contributed by atoms with Crippen LogP contribution in [0.3, 0.4) is 0 Å². The minimum absolute atomic E-state index is 0.293. The van der Waals surface area contributed by atoms with E-state index in [1.807, 2.05) is 60.7 Å². The Morgan fingerprint density at radius 1 is 0.969 bits per heavy atom. The molecule has 6 nitrogen and oxygen atoms in total. The fourth-order valence-corrected chi connectivity index (χ4v) is 3.28. The predicted molar refractivity (Wildman–Crippen MR) is 126 cm³/mol. The van der Waals surface area contributed by atoms with Crippen molar-refractivity contribution < 1.29 is 19.4 Å². The van der Waals surface area contributed by atoms with Crippen molar-refractivity contribution in [2.45, 2.75) is 63.8 Å². The van der Waals surface area contributed by atoms with E-state index in [9.17, 15) is 14.7 Å². The maximum Gasteiger partial charge on any atom is 0.408 e. The van der Waals surface area contributed by atoms with Gasteiger partial charge in [0.2, 0.25) is 5.91 Å². The van der Waals surface area contributed by atoms with Crippen LogP contribution in [0.2, 0.25) is 0 Å². The molecular formula is C26H34N2O4. The lowest BCUT2D eigenvalue weighted by Crippen LogP contribution is -2.54. The average molecular weight is 439 g/mol. The van der Waals surface area contributed by atoms with Gasteiger partial charge in [-0.15, -0.1) is 6.58 Å². The van der Waals surface area contributed by atoms with Gasteiger partial charge in [0.1, 0.15) is 11.6 Å². The SMILES string of the molecule is C=CC[C@@H](O)[C@H](Cc1ccccc1)NC(=O)[C@H](Cc1ccccc1)NC(=O)OC(C)(C)C. The Kier molecular flexibility index (Phi) is 9.47. The third kappa shape index (κ3) is 8.94. The van der Waals surface area contributed by atoms with Gasteiger partial charge in [0.05, 0.1) is 12.1 Å². The van der Waals surface area contributed by atoms with Crippen molar-refractivity contribution in [1.82, 2.24) is 10.6 Å². The summed E-state index contributed by atoms with van der Waals surface area (Å²) in [5.41, 5.74) is 1.20. The molecule has 0 heterocycles. The minimum Gasteiger partial charge on any atom is -0.444 e. The lowest BCUT2D eigenvalue weighted by atomic mass is 9.98. The van der Waals surface area contributed by atoms with Crippen LogP contribution in [-0.4, -0.2) is 40.9 Å². The van der Waals surface area contributed by atoms with E-state index >= 15 is 0 Å². The lowest BCUT2D eigenvalue weighted by Gasteiger charge is -2.27. The second kappa shape index (κ2) is 12.1.